The molecule has 1 unspecified atom stereocenters. The molecule has 8 heteroatoms. The minimum Gasteiger partial charge on any atom is -0.493 e. The minimum atomic E-state index is -3.32. The molecule has 0 saturated heterocycles. The van der Waals surface area contributed by atoms with Crippen molar-refractivity contribution in [1.82, 2.24) is 5.32 Å². The van der Waals surface area contributed by atoms with E-state index in [1.54, 1.807) is 37.5 Å². The molecule has 1 amide bonds. The summed E-state index contributed by atoms with van der Waals surface area (Å²) in [4.78, 5) is 12.4. The molecule has 2 aromatic carbocycles. The van der Waals surface area contributed by atoms with Crippen LogP contribution in [0.15, 0.2) is 48.5 Å². The number of anilines is 1. The van der Waals surface area contributed by atoms with E-state index in [-0.39, 0.29) is 18.1 Å². The number of rotatable bonds is 9. The van der Waals surface area contributed by atoms with Gasteiger partial charge in [-0.3, -0.25) is 9.52 Å². The predicted octanol–water partition coefficient (Wildman–Crippen LogP) is 4.28. The molecular weight excluding hydrogens is 428 g/mol. The standard InChI is InChI=1S/C24H30N2O5S/c1-17(19-11-14-22(23(16-19)30-2)31-21-6-4-5-7-21)25-24(27)15-10-18-8-12-20(13-9-18)26-32(3,28)29/h8-17,21,26H,4-7H2,1-3H3,(H,25,27). The fourth-order valence-corrected chi connectivity index (χ4v) is 4.19. The van der Waals surface area contributed by atoms with Crippen molar-refractivity contribution in [3.63, 3.8) is 0 Å². The molecule has 2 aromatic rings. The van der Waals surface area contributed by atoms with E-state index in [4.69, 9.17) is 9.47 Å². The summed E-state index contributed by atoms with van der Waals surface area (Å²) in [5, 5.41) is 2.94. The van der Waals surface area contributed by atoms with Crippen molar-refractivity contribution in [3.8, 4) is 11.5 Å². The summed E-state index contributed by atoms with van der Waals surface area (Å²) >= 11 is 0. The number of ether oxygens (including phenoxy) is 2. The summed E-state index contributed by atoms with van der Waals surface area (Å²) in [6.07, 6.45) is 9.00. The molecule has 1 atom stereocenters. The highest BCUT2D eigenvalue weighted by Gasteiger charge is 2.19. The Morgan fingerprint density at radius 1 is 1.09 bits per heavy atom. The van der Waals surface area contributed by atoms with Gasteiger partial charge in [0.15, 0.2) is 11.5 Å². The molecule has 1 aliphatic rings. The number of carbonyl (C=O) groups is 1. The third-order valence-corrected chi connectivity index (χ3v) is 5.89. The molecule has 0 heterocycles. The van der Waals surface area contributed by atoms with Gasteiger partial charge in [0, 0.05) is 11.8 Å². The molecule has 1 fully saturated rings. The maximum Gasteiger partial charge on any atom is 0.244 e. The van der Waals surface area contributed by atoms with E-state index >= 15 is 0 Å². The Hall–Kier alpha value is -3.00. The zero-order chi connectivity index (χ0) is 23.1. The van der Waals surface area contributed by atoms with E-state index in [1.165, 1.54) is 18.9 Å². The lowest BCUT2D eigenvalue weighted by atomic mass is 10.1. The molecule has 172 valence electrons. The van der Waals surface area contributed by atoms with Crippen LogP contribution in [0.5, 0.6) is 11.5 Å². The van der Waals surface area contributed by atoms with Gasteiger partial charge in [-0.05, 0) is 74.1 Å². The summed E-state index contributed by atoms with van der Waals surface area (Å²) in [6, 6.07) is 12.3. The minimum absolute atomic E-state index is 0.220. The van der Waals surface area contributed by atoms with Crippen molar-refractivity contribution in [2.45, 2.75) is 44.8 Å². The molecular formula is C24H30N2O5S. The van der Waals surface area contributed by atoms with Gasteiger partial charge in [-0.25, -0.2) is 8.42 Å². The molecule has 7 nitrogen and oxygen atoms in total. The van der Waals surface area contributed by atoms with E-state index in [0.29, 0.717) is 11.4 Å². The summed E-state index contributed by atoms with van der Waals surface area (Å²) < 4.78 is 36.5. The lowest BCUT2D eigenvalue weighted by Gasteiger charge is -2.19. The van der Waals surface area contributed by atoms with Crippen LogP contribution in [0.1, 0.15) is 49.8 Å². The van der Waals surface area contributed by atoms with E-state index < -0.39 is 10.0 Å². The smallest absolute Gasteiger partial charge is 0.244 e. The molecule has 0 aromatic heterocycles. The number of hydrogen-bond donors (Lipinski definition) is 2. The highest BCUT2D eigenvalue weighted by atomic mass is 32.2. The van der Waals surface area contributed by atoms with Gasteiger partial charge >= 0.3 is 0 Å². The number of sulfonamides is 1. The van der Waals surface area contributed by atoms with Crippen LogP contribution in [0.3, 0.4) is 0 Å². The molecule has 0 spiro atoms. The predicted molar refractivity (Wildman–Crippen MR) is 126 cm³/mol. The van der Waals surface area contributed by atoms with Crippen LogP contribution in [-0.2, 0) is 14.8 Å². The monoisotopic (exact) mass is 458 g/mol. The van der Waals surface area contributed by atoms with E-state index in [1.807, 2.05) is 25.1 Å². The zero-order valence-corrected chi connectivity index (χ0v) is 19.4. The third-order valence-electron chi connectivity index (χ3n) is 5.28. The molecule has 0 bridgehead atoms. The van der Waals surface area contributed by atoms with Gasteiger partial charge in [-0.2, -0.15) is 0 Å². The van der Waals surface area contributed by atoms with Crippen LogP contribution in [-0.4, -0.2) is 33.8 Å². The normalized spacial score (nSPS) is 15.5. The fraction of sp³-hybridized carbons (Fsp3) is 0.375. The Balaban J connectivity index is 1.58. The Morgan fingerprint density at radius 2 is 1.78 bits per heavy atom. The lowest BCUT2D eigenvalue weighted by molar-refractivity contribution is -0.117. The fourth-order valence-electron chi connectivity index (χ4n) is 3.63. The van der Waals surface area contributed by atoms with Crippen molar-refractivity contribution in [2.75, 3.05) is 18.1 Å². The van der Waals surface area contributed by atoms with Crippen molar-refractivity contribution < 1.29 is 22.7 Å². The van der Waals surface area contributed by atoms with E-state index in [0.717, 1.165) is 36.0 Å². The average Bonchev–Trinajstić information content (AvgIpc) is 3.25. The van der Waals surface area contributed by atoms with Gasteiger partial charge < -0.3 is 14.8 Å². The summed E-state index contributed by atoms with van der Waals surface area (Å²) in [7, 11) is -1.70. The summed E-state index contributed by atoms with van der Waals surface area (Å²) in [5.74, 6) is 1.16. The first-order valence-corrected chi connectivity index (χ1v) is 12.5. The second-order valence-electron chi connectivity index (χ2n) is 7.99. The van der Waals surface area contributed by atoms with Crippen LogP contribution in [0.25, 0.3) is 6.08 Å². The van der Waals surface area contributed by atoms with Gasteiger partial charge in [0.05, 0.1) is 25.5 Å². The topological polar surface area (TPSA) is 93.7 Å². The Morgan fingerprint density at radius 3 is 2.41 bits per heavy atom. The number of carbonyl (C=O) groups excluding carboxylic acids is 1. The average molecular weight is 459 g/mol. The Kier molecular flexibility index (Phi) is 7.80. The number of nitrogens with one attached hydrogen (secondary N) is 2. The Labute approximate surface area is 189 Å². The molecule has 32 heavy (non-hydrogen) atoms. The van der Waals surface area contributed by atoms with Gasteiger partial charge in [0.2, 0.25) is 15.9 Å². The maximum absolute atomic E-state index is 12.4. The van der Waals surface area contributed by atoms with Crippen LogP contribution in [0.2, 0.25) is 0 Å². The van der Waals surface area contributed by atoms with Crippen LogP contribution in [0.4, 0.5) is 5.69 Å². The van der Waals surface area contributed by atoms with Gasteiger partial charge in [0.25, 0.3) is 0 Å². The first-order chi connectivity index (χ1) is 15.2. The maximum atomic E-state index is 12.4. The third kappa shape index (κ3) is 7.02. The van der Waals surface area contributed by atoms with Gasteiger partial charge in [-0.15, -0.1) is 0 Å². The van der Waals surface area contributed by atoms with E-state index in [2.05, 4.69) is 10.0 Å². The van der Waals surface area contributed by atoms with Crippen molar-refractivity contribution in [1.29, 1.82) is 0 Å². The number of methoxy groups -OCH3 is 1. The summed E-state index contributed by atoms with van der Waals surface area (Å²) in [5.41, 5.74) is 2.16. The number of hydrogen-bond acceptors (Lipinski definition) is 5. The zero-order valence-electron chi connectivity index (χ0n) is 18.6. The van der Waals surface area contributed by atoms with Gasteiger partial charge in [0.1, 0.15) is 0 Å². The Bertz CT molecular complexity index is 1060. The van der Waals surface area contributed by atoms with Crippen molar-refractivity contribution in [2.24, 2.45) is 0 Å². The first kappa shape index (κ1) is 23.7. The van der Waals surface area contributed by atoms with Gasteiger partial charge in [-0.1, -0.05) is 18.2 Å². The SMILES string of the molecule is COc1cc(C(C)NC(=O)C=Cc2ccc(NS(C)(=O)=O)cc2)ccc1OC1CCCC1. The molecule has 0 aliphatic heterocycles. The highest BCUT2D eigenvalue weighted by Crippen LogP contribution is 2.33. The van der Waals surface area contributed by atoms with Crippen LogP contribution in [0, 0.1) is 0 Å². The molecule has 2 N–H and O–H groups in total. The highest BCUT2D eigenvalue weighted by molar-refractivity contribution is 7.92. The second kappa shape index (κ2) is 10.5. The molecule has 0 radical (unpaired) electrons. The summed E-state index contributed by atoms with van der Waals surface area (Å²) in [6.45, 7) is 1.91. The molecule has 3 rings (SSSR count). The lowest BCUT2D eigenvalue weighted by Crippen LogP contribution is -2.24. The van der Waals surface area contributed by atoms with Crippen molar-refractivity contribution in [3.05, 3.63) is 59.7 Å². The number of benzene rings is 2. The van der Waals surface area contributed by atoms with Crippen LogP contribution >= 0.6 is 0 Å². The van der Waals surface area contributed by atoms with Crippen LogP contribution < -0.4 is 19.5 Å². The van der Waals surface area contributed by atoms with E-state index in [9.17, 15) is 13.2 Å². The molecule has 1 saturated carbocycles. The number of amides is 1. The second-order valence-corrected chi connectivity index (χ2v) is 9.74. The molecule has 1 aliphatic carbocycles. The largest absolute Gasteiger partial charge is 0.493 e. The first-order valence-electron chi connectivity index (χ1n) is 10.6. The van der Waals surface area contributed by atoms with Crippen molar-refractivity contribution >= 4 is 27.7 Å². The quantitative estimate of drug-likeness (QED) is 0.547.